The average molecular weight is 449 g/mol. The van der Waals surface area contributed by atoms with Crippen molar-refractivity contribution in [3.05, 3.63) is 65.9 Å². The molecule has 1 saturated heterocycles. The maximum Gasteiger partial charge on any atom is 0.135 e. The van der Waals surface area contributed by atoms with Crippen LogP contribution in [0.2, 0.25) is 0 Å². The van der Waals surface area contributed by atoms with Crippen molar-refractivity contribution in [3.8, 4) is 22.5 Å². The molecule has 168 valence electrons. The second-order valence-electron chi connectivity index (χ2n) is 7.78. The molecule has 0 atom stereocenters. The molecular weight excluding hydrogens is 428 g/mol. The van der Waals surface area contributed by atoms with Crippen LogP contribution in [0.25, 0.3) is 33.4 Å². The smallest absolute Gasteiger partial charge is 0.135 e. The van der Waals surface area contributed by atoms with Crippen molar-refractivity contribution in [2.24, 2.45) is 0 Å². The molecule has 1 N–H and O–H groups in total. The Hall–Kier alpha value is -3.56. The minimum absolute atomic E-state index is 0.100. The molecule has 2 aromatic carbocycles. The van der Waals surface area contributed by atoms with Crippen molar-refractivity contribution in [2.75, 3.05) is 31.2 Å². The molecule has 3 heterocycles. The van der Waals surface area contributed by atoms with Crippen molar-refractivity contribution < 1.29 is 18.6 Å². The molecule has 0 unspecified atom stereocenters. The number of rotatable bonds is 4. The zero-order valence-corrected chi connectivity index (χ0v) is 17.9. The molecule has 7 nitrogen and oxygen atoms in total. The summed E-state index contributed by atoms with van der Waals surface area (Å²) >= 11 is 0. The van der Waals surface area contributed by atoms with E-state index in [0.717, 1.165) is 24.8 Å². The summed E-state index contributed by atoms with van der Waals surface area (Å²) in [5, 5.41) is 9.97. The van der Waals surface area contributed by atoms with Crippen LogP contribution in [0.1, 0.15) is 11.4 Å². The summed E-state index contributed by atoms with van der Waals surface area (Å²) in [4.78, 5) is 19.4. The molecule has 33 heavy (non-hydrogen) atoms. The van der Waals surface area contributed by atoms with Gasteiger partial charge in [-0.05, 0) is 31.2 Å². The van der Waals surface area contributed by atoms with E-state index in [-0.39, 0.29) is 23.4 Å². The molecular formula is C24H21F2N5O2. The van der Waals surface area contributed by atoms with Crippen LogP contribution in [-0.4, -0.2) is 51.3 Å². The number of fused-ring (bicyclic) bond motifs is 1. The Bertz CT molecular complexity index is 1340. The van der Waals surface area contributed by atoms with Crippen LogP contribution in [-0.2, 0) is 11.3 Å². The summed E-state index contributed by atoms with van der Waals surface area (Å²) < 4.78 is 35.1. The number of hydrogen-bond acceptors (Lipinski definition) is 7. The zero-order chi connectivity index (χ0) is 22.9. The molecule has 0 saturated carbocycles. The number of aliphatic hydroxyl groups excluding tert-OH is 1. The van der Waals surface area contributed by atoms with Gasteiger partial charge in [-0.1, -0.05) is 0 Å². The molecule has 0 bridgehead atoms. The van der Waals surface area contributed by atoms with Crippen LogP contribution in [0.3, 0.4) is 0 Å². The molecule has 0 radical (unpaired) electrons. The lowest BCUT2D eigenvalue weighted by molar-refractivity contribution is 0.122. The first kappa shape index (κ1) is 21.3. The summed E-state index contributed by atoms with van der Waals surface area (Å²) in [5.74, 6) is -1.49. The van der Waals surface area contributed by atoms with Crippen molar-refractivity contribution in [2.45, 2.75) is 13.5 Å². The van der Waals surface area contributed by atoms with Crippen LogP contribution in [0.4, 0.5) is 14.5 Å². The number of halogens is 2. The van der Waals surface area contributed by atoms with E-state index in [1.165, 1.54) is 18.6 Å². The molecule has 4 aromatic rings. The number of ether oxygens (including phenoxy) is 1. The van der Waals surface area contributed by atoms with Crippen molar-refractivity contribution >= 4 is 16.6 Å². The number of aromatic nitrogens is 4. The zero-order valence-electron chi connectivity index (χ0n) is 17.9. The molecule has 0 amide bonds. The second-order valence-corrected chi connectivity index (χ2v) is 7.78. The van der Waals surface area contributed by atoms with Gasteiger partial charge in [0.25, 0.3) is 0 Å². The van der Waals surface area contributed by atoms with E-state index in [9.17, 15) is 13.9 Å². The highest BCUT2D eigenvalue weighted by Crippen LogP contribution is 2.34. The Morgan fingerprint density at radius 1 is 1.00 bits per heavy atom. The van der Waals surface area contributed by atoms with Crippen LogP contribution >= 0.6 is 0 Å². The Morgan fingerprint density at radius 3 is 2.55 bits per heavy atom. The number of aryl methyl sites for hydroxylation is 1. The highest BCUT2D eigenvalue weighted by Gasteiger charge is 2.19. The second kappa shape index (κ2) is 8.76. The third kappa shape index (κ3) is 4.01. The van der Waals surface area contributed by atoms with E-state index < -0.39 is 11.6 Å². The van der Waals surface area contributed by atoms with Crippen molar-refractivity contribution in [3.63, 3.8) is 0 Å². The van der Waals surface area contributed by atoms with Crippen LogP contribution < -0.4 is 4.90 Å². The van der Waals surface area contributed by atoms with Gasteiger partial charge < -0.3 is 14.7 Å². The fraction of sp³-hybridized carbons (Fsp3) is 0.250. The molecule has 0 spiro atoms. The van der Waals surface area contributed by atoms with Gasteiger partial charge in [0.1, 0.15) is 18.0 Å². The quantitative estimate of drug-likeness (QED) is 0.509. The van der Waals surface area contributed by atoms with Gasteiger partial charge in [-0.2, -0.15) is 0 Å². The monoisotopic (exact) mass is 449 g/mol. The lowest BCUT2D eigenvalue weighted by Crippen LogP contribution is -2.36. The van der Waals surface area contributed by atoms with Gasteiger partial charge in [0.15, 0.2) is 0 Å². The van der Waals surface area contributed by atoms with E-state index in [0.29, 0.717) is 41.2 Å². The third-order valence-electron chi connectivity index (χ3n) is 5.78. The van der Waals surface area contributed by atoms with Crippen LogP contribution in [0.15, 0.2) is 42.9 Å². The number of morpholine rings is 1. The summed E-state index contributed by atoms with van der Waals surface area (Å²) in [6, 6.07) is 7.97. The number of nitrogens with zero attached hydrogens (tertiary/aromatic N) is 5. The van der Waals surface area contributed by atoms with Crippen LogP contribution in [0.5, 0.6) is 0 Å². The highest BCUT2D eigenvalue weighted by atomic mass is 19.1. The number of benzene rings is 2. The Labute approximate surface area is 188 Å². The summed E-state index contributed by atoms with van der Waals surface area (Å²) in [6.07, 6.45) is 2.74. The standard InChI is InChI=1S/C24H21F2N5O2/c1-14-23(12-32)27-11-22(30-14)17-9-18(20(26)10-19(17)25)24-16-3-2-15(8-21(16)28-13-29-24)31-4-6-33-7-5-31/h2-3,8-11,13,32H,4-7,12H2,1H3. The normalized spacial score (nSPS) is 14.1. The maximum atomic E-state index is 14.9. The molecule has 2 aromatic heterocycles. The van der Waals surface area contributed by atoms with Gasteiger partial charge in [0.05, 0.1) is 54.3 Å². The Morgan fingerprint density at radius 2 is 1.79 bits per heavy atom. The number of aliphatic hydroxyl groups is 1. The van der Waals surface area contributed by atoms with E-state index in [4.69, 9.17) is 4.74 Å². The average Bonchev–Trinajstić information content (AvgIpc) is 2.84. The first-order valence-electron chi connectivity index (χ1n) is 10.6. The predicted molar refractivity (Wildman–Crippen MR) is 120 cm³/mol. The topological polar surface area (TPSA) is 84.3 Å². The SMILES string of the molecule is Cc1nc(-c2cc(-c3ncnc4cc(N5CCOCC5)ccc34)c(F)cc2F)cnc1CO. The summed E-state index contributed by atoms with van der Waals surface area (Å²) in [7, 11) is 0. The molecule has 9 heteroatoms. The van der Waals surface area contributed by atoms with Gasteiger partial charge in [-0.3, -0.25) is 4.98 Å². The van der Waals surface area contributed by atoms with Gasteiger partial charge in [0.2, 0.25) is 0 Å². The third-order valence-corrected chi connectivity index (χ3v) is 5.78. The molecule has 5 rings (SSSR count). The molecule has 1 aliphatic heterocycles. The molecule has 0 aliphatic carbocycles. The summed E-state index contributed by atoms with van der Waals surface area (Å²) in [5.41, 5.74) is 3.40. The predicted octanol–water partition coefficient (Wildman–Crippen LogP) is 3.67. The van der Waals surface area contributed by atoms with E-state index in [2.05, 4.69) is 24.8 Å². The minimum Gasteiger partial charge on any atom is -0.390 e. The fourth-order valence-corrected chi connectivity index (χ4v) is 4.00. The van der Waals surface area contributed by atoms with E-state index >= 15 is 0 Å². The first-order chi connectivity index (χ1) is 16.0. The lowest BCUT2D eigenvalue weighted by atomic mass is 10.0. The minimum atomic E-state index is -0.755. The fourth-order valence-electron chi connectivity index (χ4n) is 4.00. The van der Waals surface area contributed by atoms with Crippen LogP contribution in [0, 0.1) is 18.6 Å². The molecule has 1 aliphatic rings. The first-order valence-corrected chi connectivity index (χ1v) is 10.6. The number of hydrogen-bond donors (Lipinski definition) is 1. The molecule has 1 fully saturated rings. The van der Waals surface area contributed by atoms with Gasteiger partial charge in [-0.25, -0.2) is 23.7 Å². The Balaban J connectivity index is 1.61. The van der Waals surface area contributed by atoms with Gasteiger partial charge in [0, 0.05) is 41.4 Å². The summed E-state index contributed by atoms with van der Waals surface area (Å²) in [6.45, 7) is 4.31. The van der Waals surface area contributed by atoms with Crippen molar-refractivity contribution in [1.82, 2.24) is 19.9 Å². The Kier molecular flexibility index (Phi) is 5.65. The van der Waals surface area contributed by atoms with E-state index in [1.807, 2.05) is 18.2 Å². The maximum absolute atomic E-state index is 14.9. The van der Waals surface area contributed by atoms with Crippen molar-refractivity contribution in [1.29, 1.82) is 0 Å². The lowest BCUT2D eigenvalue weighted by Gasteiger charge is -2.29. The largest absolute Gasteiger partial charge is 0.390 e. The number of anilines is 1. The highest BCUT2D eigenvalue weighted by molar-refractivity contribution is 5.94. The van der Waals surface area contributed by atoms with Gasteiger partial charge in [-0.15, -0.1) is 0 Å². The van der Waals surface area contributed by atoms with Gasteiger partial charge >= 0.3 is 0 Å². The van der Waals surface area contributed by atoms with E-state index in [1.54, 1.807) is 6.92 Å².